The molecule has 0 aliphatic carbocycles. The Hall–Kier alpha value is -0.150. The highest BCUT2D eigenvalue weighted by Crippen LogP contribution is 2.06. The first-order valence-electron chi connectivity index (χ1n) is 3.41. The summed E-state index contributed by atoms with van der Waals surface area (Å²) in [6.07, 6.45) is 9.67. The van der Waals surface area contributed by atoms with Crippen LogP contribution >= 0.6 is 11.6 Å². The maximum atomic E-state index is 5.66. The van der Waals surface area contributed by atoms with Gasteiger partial charge in [0.05, 0.1) is 5.38 Å². The zero-order chi connectivity index (χ0) is 7.11. The van der Waals surface area contributed by atoms with Gasteiger partial charge in [-0.2, -0.15) is 0 Å². The fraction of sp³-hybridized carbons (Fsp3) is 0.750. The van der Waals surface area contributed by atoms with Gasteiger partial charge in [0.1, 0.15) is 0 Å². The molecule has 0 aliphatic rings. The molecule has 0 bridgehead atoms. The van der Waals surface area contributed by atoms with Crippen molar-refractivity contribution in [1.29, 1.82) is 0 Å². The molecule has 0 saturated heterocycles. The molecule has 0 radical (unpaired) electrons. The molecule has 1 atom stereocenters. The molecular formula is C8H13Cl. The summed E-state index contributed by atoms with van der Waals surface area (Å²) in [5.74, 6) is 2.49. The van der Waals surface area contributed by atoms with Gasteiger partial charge in [-0.1, -0.05) is 32.1 Å². The zero-order valence-electron chi connectivity index (χ0n) is 5.86. The number of hydrogen-bond donors (Lipinski definition) is 0. The highest BCUT2D eigenvalue weighted by Gasteiger charge is 1.96. The molecule has 0 nitrogen and oxygen atoms in total. The Labute approximate surface area is 62.6 Å². The highest BCUT2D eigenvalue weighted by molar-refractivity contribution is 6.22. The number of terminal acetylenes is 1. The van der Waals surface area contributed by atoms with E-state index in [1.165, 1.54) is 12.8 Å². The van der Waals surface area contributed by atoms with Crippen molar-refractivity contribution in [3.63, 3.8) is 0 Å². The molecule has 1 unspecified atom stereocenters. The van der Waals surface area contributed by atoms with Gasteiger partial charge >= 0.3 is 0 Å². The van der Waals surface area contributed by atoms with Crippen LogP contribution in [0.1, 0.15) is 32.6 Å². The molecular weight excluding hydrogens is 132 g/mol. The predicted octanol–water partition coefficient (Wildman–Crippen LogP) is 2.81. The second kappa shape index (κ2) is 5.98. The van der Waals surface area contributed by atoms with Gasteiger partial charge in [0.2, 0.25) is 0 Å². The van der Waals surface area contributed by atoms with Crippen molar-refractivity contribution in [2.75, 3.05) is 0 Å². The summed E-state index contributed by atoms with van der Waals surface area (Å²) in [4.78, 5) is 0. The Balaban J connectivity index is 2.99. The lowest BCUT2D eigenvalue weighted by Gasteiger charge is -1.98. The molecule has 0 spiro atoms. The van der Waals surface area contributed by atoms with Gasteiger partial charge in [-0.05, 0) is 6.42 Å². The Morgan fingerprint density at radius 1 is 1.56 bits per heavy atom. The molecule has 0 N–H and O–H groups in total. The minimum absolute atomic E-state index is 0.0449. The van der Waals surface area contributed by atoms with Gasteiger partial charge in [-0.3, -0.25) is 0 Å². The second-order valence-electron chi connectivity index (χ2n) is 2.13. The Morgan fingerprint density at radius 3 is 2.67 bits per heavy atom. The Bertz CT molecular complexity index is 91.2. The molecule has 0 heterocycles. The normalized spacial score (nSPS) is 12.6. The van der Waals surface area contributed by atoms with Gasteiger partial charge in [0.15, 0.2) is 0 Å². The smallest absolute Gasteiger partial charge is 0.0940 e. The summed E-state index contributed by atoms with van der Waals surface area (Å²) >= 11 is 5.66. The van der Waals surface area contributed by atoms with Crippen LogP contribution in [0.3, 0.4) is 0 Å². The van der Waals surface area contributed by atoms with E-state index in [1.807, 2.05) is 0 Å². The molecule has 0 fully saturated rings. The van der Waals surface area contributed by atoms with E-state index in [-0.39, 0.29) is 5.38 Å². The molecule has 0 saturated carbocycles. The topological polar surface area (TPSA) is 0 Å². The van der Waals surface area contributed by atoms with Crippen LogP contribution in [0.4, 0.5) is 0 Å². The summed E-state index contributed by atoms with van der Waals surface area (Å²) in [5, 5.41) is -0.0449. The molecule has 0 aromatic rings. The SMILES string of the molecule is C#CC(Cl)CCCCC. The third kappa shape index (κ3) is 5.73. The van der Waals surface area contributed by atoms with E-state index in [2.05, 4.69) is 12.8 Å². The summed E-state index contributed by atoms with van der Waals surface area (Å²) in [7, 11) is 0. The van der Waals surface area contributed by atoms with Gasteiger partial charge in [-0.15, -0.1) is 18.0 Å². The molecule has 1 heteroatoms. The average Bonchev–Trinajstić information content (AvgIpc) is 1.89. The van der Waals surface area contributed by atoms with E-state index in [0.29, 0.717) is 0 Å². The standard InChI is InChI=1S/C8H13Cl/c1-3-5-6-7-8(9)4-2/h2,8H,3,5-7H2,1H3. The van der Waals surface area contributed by atoms with Gasteiger partial charge in [0, 0.05) is 0 Å². The quantitative estimate of drug-likeness (QED) is 0.323. The monoisotopic (exact) mass is 144 g/mol. The molecule has 9 heavy (non-hydrogen) atoms. The van der Waals surface area contributed by atoms with E-state index in [0.717, 1.165) is 12.8 Å². The first-order valence-corrected chi connectivity index (χ1v) is 3.85. The van der Waals surface area contributed by atoms with Crippen molar-refractivity contribution in [2.24, 2.45) is 0 Å². The van der Waals surface area contributed by atoms with Crippen molar-refractivity contribution in [3.8, 4) is 12.3 Å². The molecule has 0 amide bonds. The van der Waals surface area contributed by atoms with Crippen LogP contribution in [-0.2, 0) is 0 Å². The van der Waals surface area contributed by atoms with E-state index in [9.17, 15) is 0 Å². The van der Waals surface area contributed by atoms with Gasteiger partial charge < -0.3 is 0 Å². The van der Waals surface area contributed by atoms with Crippen LogP contribution in [0.15, 0.2) is 0 Å². The van der Waals surface area contributed by atoms with Crippen molar-refractivity contribution < 1.29 is 0 Å². The van der Waals surface area contributed by atoms with E-state index in [1.54, 1.807) is 0 Å². The Morgan fingerprint density at radius 2 is 2.22 bits per heavy atom. The highest BCUT2D eigenvalue weighted by atomic mass is 35.5. The predicted molar refractivity (Wildman–Crippen MR) is 42.6 cm³/mol. The Kier molecular flexibility index (Phi) is 5.88. The summed E-state index contributed by atoms with van der Waals surface area (Å²) in [5.41, 5.74) is 0. The third-order valence-corrected chi connectivity index (χ3v) is 1.59. The van der Waals surface area contributed by atoms with Crippen molar-refractivity contribution in [3.05, 3.63) is 0 Å². The molecule has 0 rings (SSSR count). The van der Waals surface area contributed by atoms with E-state index in [4.69, 9.17) is 18.0 Å². The average molecular weight is 145 g/mol. The molecule has 0 aromatic carbocycles. The van der Waals surface area contributed by atoms with Crippen molar-refractivity contribution in [2.45, 2.75) is 38.0 Å². The summed E-state index contributed by atoms with van der Waals surface area (Å²) < 4.78 is 0. The van der Waals surface area contributed by atoms with E-state index < -0.39 is 0 Å². The molecule has 52 valence electrons. The largest absolute Gasteiger partial charge is 0.119 e. The van der Waals surface area contributed by atoms with Crippen LogP contribution in [0, 0.1) is 12.3 Å². The lowest BCUT2D eigenvalue weighted by Crippen LogP contribution is -1.92. The summed E-state index contributed by atoms with van der Waals surface area (Å²) in [6.45, 7) is 2.17. The minimum atomic E-state index is -0.0449. The lowest BCUT2D eigenvalue weighted by molar-refractivity contribution is 0.683. The summed E-state index contributed by atoms with van der Waals surface area (Å²) in [6, 6.07) is 0. The van der Waals surface area contributed by atoms with Crippen LogP contribution in [0.5, 0.6) is 0 Å². The van der Waals surface area contributed by atoms with Crippen molar-refractivity contribution in [1.82, 2.24) is 0 Å². The van der Waals surface area contributed by atoms with Crippen LogP contribution in [-0.4, -0.2) is 5.38 Å². The van der Waals surface area contributed by atoms with E-state index >= 15 is 0 Å². The second-order valence-corrected chi connectivity index (χ2v) is 2.66. The first-order chi connectivity index (χ1) is 4.31. The van der Waals surface area contributed by atoms with Crippen LogP contribution in [0.25, 0.3) is 0 Å². The lowest BCUT2D eigenvalue weighted by atomic mass is 10.2. The zero-order valence-corrected chi connectivity index (χ0v) is 6.62. The minimum Gasteiger partial charge on any atom is -0.119 e. The van der Waals surface area contributed by atoms with Gasteiger partial charge in [0.25, 0.3) is 0 Å². The first kappa shape index (κ1) is 8.85. The maximum absolute atomic E-state index is 5.66. The molecule has 0 aromatic heterocycles. The number of halogens is 1. The van der Waals surface area contributed by atoms with Gasteiger partial charge in [-0.25, -0.2) is 0 Å². The fourth-order valence-corrected chi connectivity index (χ4v) is 0.811. The van der Waals surface area contributed by atoms with Crippen LogP contribution in [0.2, 0.25) is 0 Å². The van der Waals surface area contributed by atoms with Crippen LogP contribution < -0.4 is 0 Å². The number of hydrogen-bond acceptors (Lipinski definition) is 0. The number of unbranched alkanes of at least 4 members (excludes halogenated alkanes) is 2. The molecule has 0 aliphatic heterocycles. The number of rotatable bonds is 4. The number of alkyl halides is 1. The van der Waals surface area contributed by atoms with Crippen molar-refractivity contribution >= 4 is 11.6 Å². The fourth-order valence-electron chi connectivity index (χ4n) is 0.657. The maximum Gasteiger partial charge on any atom is 0.0940 e. The third-order valence-electron chi connectivity index (χ3n) is 1.24.